The Morgan fingerprint density at radius 2 is 1.88 bits per heavy atom. The highest BCUT2D eigenvalue weighted by molar-refractivity contribution is 5.70. The molecular weight excluding hydrogens is 423 g/mol. The highest BCUT2D eigenvalue weighted by Gasteiger charge is 2.30. The minimum absolute atomic E-state index is 0.0295. The summed E-state index contributed by atoms with van der Waals surface area (Å²) in [6.07, 6.45) is 1.24. The summed E-state index contributed by atoms with van der Waals surface area (Å²) in [5.74, 6) is 0.116. The fourth-order valence-electron chi connectivity index (χ4n) is 3.24. The highest BCUT2D eigenvalue weighted by Crippen LogP contribution is 2.28. The molecule has 2 heterocycles. The zero-order valence-electron chi connectivity index (χ0n) is 17.6. The van der Waals surface area contributed by atoms with E-state index >= 15 is 0 Å². The third-order valence-electron chi connectivity index (χ3n) is 4.81. The molecule has 0 saturated carbocycles. The lowest BCUT2D eigenvalue weighted by Crippen LogP contribution is -2.07. The molecule has 0 bridgehead atoms. The molecule has 0 unspecified atom stereocenters. The van der Waals surface area contributed by atoms with Gasteiger partial charge >= 0.3 is 12.1 Å². The first-order chi connectivity index (χ1) is 15.3. The Balaban J connectivity index is 1.60. The highest BCUT2D eigenvalue weighted by atomic mass is 19.4. The van der Waals surface area contributed by atoms with E-state index < -0.39 is 17.7 Å². The first kappa shape index (κ1) is 23.3. The van der Waals surface area contributed by atoms with Gasteiger partial charge in [-0.15, -0.1) is 0 Å². The van der Waals surface area contributed by atoms with Crippen molar-refractivity contribution < 1.29 is 27.8 Å². The molecule has 0 aliphatic carbocycles. The summed E-state index contributed by atoms with van der Waals surface area (Å²) in [5.41, 5.74) is 1.81. The molecule has 0 spiro atoms. The molecule has 0 amide bonds. The van der Waals surface area contributed by atoms with E-state index in [1.165, 1.54) is 10.7 Å². The van der Waals surface area contributed by atoms with Crippen molar-refractivity contribution in [2.24, 2.45) is 0 Å². The predicted octanol–water partition coefficient (Wildman–Crippen LogP) is 4.88. The van der Waals surface area contributed by atoms with Crippen LogP contribution in [0.3, 0.4) is 0 Å². The van der Waals surface area contributed by atoms with Crippen LogP contribution in [0.15, 0.2) is 48.8 Å². The number of rotatable bonds is 10. The molecule has 0 atom stereocenters. The van der Waals surface area contributed by atoms with Crippen molar-refractivity contribution in [3.8, 4) is 11.6 Å². The van der Waals surface area contributed by atoms with E-state index in [1.54, 1.807) is 30.5 Å². The predicted molar refractivity (Wildman–Crippen MR) is 112 cm³/mol. The molecular formula is C23H24F3N3O3. The molecule has 0 aliphatic heterocycles. The summed E-state index contributed by atoms with van der Waals surface area (Å²) >= 11 is 0. The second-order valence-corrected chi connectivity index (χ2v) is 7.36. The van der Waals surface area contributed by atoms with Crippen LogP contribution in [0, 0.1) is 0 Å². The van der Waals surface area contributed by atoms with E-state index in [0.29, 0.717) is 30.2 Å². The van der Waals surface area contributed by atoms with Crippen LogP contribution in [-0.4, -0.2) is 32.4 Å². The summed E-state index contributed by atoms with van der Waals surface area (Å²) in [6.45, 7) is 2.50. The number of nitrogens with zero attached hydrogens (tertiary/aromatic N) is 3. The third kappa shape index (κ3) is 6.32. The molecule has 170 valence electrons. The monoisotopic (exact) mass is 447 g/mol. The first-order valence-corrected chi connectivity index (χ1v) is 10.3. The van der Waals surface area contributed by atoms with Crippen molar-refractivity contribution in [1.29, 1.82) is 0 Å². The van der Waals surface area contributed by atoms with Crippen molar-refractivity contribution >= 4 is 5.97 Å². The molecule has 6 nitrogen and oxygen atoms in total. The number of hydrogen-bond donors (Lipinski definition) is 1. The van der Waals surface area contributed by atoms with Gasteiger partial charge < -0.3 is 9.84 Å². The Bertz CT molecular complexity index is 1030. The Morgan fingerprint density at radius 1 is 1.12 bits per heavy atom. The van der Waals surface area contributed by atoms with Crippen LogP contribution in [0.1, 0.15) is 42.1 Å². The number of carbonyl (C=O) groups is 1. The average molecular weight is 447 g/mol. The number of alkyl halides is 3. The van der Waals surface area contributed by atoms with Crippen molar-refractivity contribution in [3.63, 3.8) is 0 Å². The van der Waals surface area contributed by atoms with Crippen LogP contribution >= 0.6 is 0 Å². The quantitative estimate of drug-likeness (QED) is 0.449. The lowest BCUT2D eigenvalue weighted by molar-refractivity contribution is -0.138. The van der Waals surface area contributed by atoms with E-state index in [2.05, 4.69) is 10.1 Å². The van der Waals surface area contributed by atoms with Gasteiger partial charge in [-0.25, -0.2) is 9.67 Å². The first-order valence-electron chi connectivity index (χ1n) is 10.3. The summed E-state index contributed by atoms with van der Waals surface area (Å²) in [6, 6.07) is 9.25. The summed E-state index contributed by atoms with van der Waals surface area (Å²) in [4.78, 5) is 14.6. The van der Waals surface area contributed by atoms with Gasteiger partial charge in [0.2, 0.25) is 0 Å². The number of halogens is 3. The molecule has 2 aromatic heterocycles. The van der Waals surface area contributed by atoms with E-state index in [0.717, 1.165) is 42.8 Å². The summed E-state index contributed by atoms with van der Waals surface area (Å²) in [7, 11) is 0. The second-order valence-electron chi connectivity index (χ2n) is 7.36. The fourth-order valence-corrected chi connectivity index (χ4v) is 3.24. The summed E-state index contributed by atoms with van der Waals surface area (Å²) < 4.78 is 45.5. The van der Waals surface area contributed by atoms with Gasteiger partial charge in [-0.05, 0) is 54.7 Å². The van der Waals surface area contributed by atoms with Crippen LogP contribution in [-0.2, 0) is 30.2 Å². The Kier molecular flexibility index (Phi) is 7.50. The molecule has 1 N–H and O–H groups in total. The van der Waals surface area contributed by atoms with E-state index in [4.69, 9.17) is 9.84 Å². The molecule has 3 aromatic rings. The molecule has 0 radical (unpaired) electrons. The second kappa shape index (κ2) is 10.3. The lowest BCUT2D eigenvalue weighted by atomic mass is 10.1. The van der Waals surface area contributed by atoms with Gasteiger partial charge in [-0.1, -0.05) is 25.5 Å². The third-order valence-corrected chi connectivity index (χ3v) is 4.81. The van der Waals surface area contributed by atoms with E-state index in [9.17, 15) is 18.0 Å². The molecule has 0 aliphatic rings. The number of pyridine rings is 1. The maximum Gasteiger partial charge on any atom is 0.417 e. The average Bonchev–Trinajstić information content (AvgIpc) is 3.14. The van der Waals surface area contributed by atoms with Crippen molar-refractivity contribution in [2.75, 3.05) is 6.61 Å². The number of carboxylic acids is 1. The van der Waals surface area contributed by atoms with Crippen LogP contribution < -0.4 is 4.74 Å². The number of aryl methyl sites for hydroxylation is 2. The summed E-state index contributed by atoms with van der Waals surface area (Å²) in [5, 5.41) is 13.3. The van der Waals surface area contributed by atoms with Crippen LogP contribution in [0.2, 0.25) is 0 Å². The maximum absolute atomic E-state index is 12.8. The Morgan fingerprint density at radius 3 is 2.47 bits per heavy atom. The zero-order chi connectivity index (χ0) is 23.1. The van der Waals surface area contributed by atoms with Gasteiger partial charge in [0.25, 0.3) is 0 Å². The van der Waals surface area contributed by atoms with Gasteiger partial charge in [-0.2, -0.15) is 18.3 Å². The topological polar surface area (TPSA) is 77.2 Å². The Hall–Kier alpha value is -3.36. The number of benzene rings is 1. The molecule has 0 fully saturated rings. The van der Waals surface area contributed by atoms with Crippen molar-refractivity contribution in [1.82, 2.24) is 14.8 Å². The molecule has 3 rings (SSSR count). The van der Waals surface area contributed by atoms with E-state index in [-0.39, 0.29) is 6.42 Å². The number of aliphatic carboxylic acids is 1. The normalized spacial score (nSPS) is 11.5. The molecule has 32 heavy (non-hydrogen) atoms. The minimum Gasteiger partial charge on any atom is -0.494 e. The fraction of sp³-hybridized carbons (Fsp3) is 0.348. The van der Waals surface area contributed by atoms with Crippen LogP contribution in [0.25, 0.3) is 5.82 Å². The van der Waals surface area contributed by atoms with Gasteiger partial charge in [0.15, 0.2) is 5.82 Å². The smallest absolute Gasteiger partial charge is 0.417 e. The SMILES string of the molecule is CCCc1nn(-c2ccc(C(F)(F)F)cn2)cc1CCCOc1ccc(CC(=O)O)cc1. The van der Waals surface area contributed by atoms with Gasteiger partial charge in [0, 0.05) is 12.4 Å². The number of aromatic nitrogens is 3. The van der Waals surface area contributed by atoms with E-state index in [1.807, 2.05) is 6.92 Å². The number of hydrogen-bond acceptors (Lipinski definition) is 4. The van der Waals surface area contributed by atoms with Gasteiger partial charge in [-0.3, -0.25) is 4.79 Å². The molecule has 1 aromatic carbocycles. The number of ether oxygens (including phenoxy) is 1. The van der Waals surface area contributed by atoms with Crippen LogP contribution in [0.4, 0.5) is 13.2 Å². The molecule has 0 saturated heterocycles. The van der Waals surface area contributed by atoms with Crippen LogP contribution in [0.5, 0.6) is 5.75 Å². The lowest BCUT2D eigenvalue weighted by Gasteiger charge is -2.07. The molecule has 9 heteroatoms. The largest absolute Gasteiger partial charge is 0.494 e. The van der Waals surface area contributed by atoms with Crippen molar-refractivity contribution in [2.45, 2.75) is 45.2 Å². The zero-order valence-corrected chi connectivity index (χ0v) is 17.6. The maximum atomic E-state index is 12.8. The standard InChI is InChI=1S/C23H24F3N3O3/c1-2-4-20-17(5-3-12-32-19-9-6-16(7-10-19)13-22(30)31)15-29(28-20)21-11-8-18(14-27-21)23(24,25)26/h6-11,14-15H,2-5,12-13H2,1H3,(H,30,31). The van der Waals surface area contributed by atoms with Gasteiger partial charge in [0.05, 0.1) is 24.3 Å². The number of carboxylic acid groups (broad SMARTS) is 1. The van der Waals surface area contributed by atoms with Crippen molar-refractivity contribution in [3.05, 3.63) is 71.2 Å². The minimum atomic E-state index is -4.43. The van der Waals surface area contributed by atoms with Gasteiger partial charge in [0.1, 0.15) is 5.75 Å². The Labute approximate surface area is 183 Å².